The summed E-state index contributed by atoms with van der Waals surface area (Å²) in [6.07, 6.45) is 7.78. The van der Waals surface area contributed by atoms with Gasteiger partial charge < -0.3 is 25.4 Å². The van der Waals surface area contributed by atoms with Gasteiger partial charge in [-0.2, -0.15) is 5.10 Å². The summed E-state index contributed by atoms with van der Waals surface area (Å²) in [5, 5.41) is 8.20. The summed E-state index contributed by atoms with van der Waals surface area (Å²) in [6, 6.07) is 3.78. The van der Waals surface area contributed by atoms with Crippen molar-refractivity contribution < 1.29 is 19.1 Å². The first-order valence-electron chi connectivity index (χ1n) is 11.0. The summed E-state index contributed by atoms with van der Waals surface area (Å²) in [4.78, 5) is 26.1. The number of amides is 2. The molecule has 1 unspecified atom stereocenters. The molecule has 3 N–H and O–H groups in total. The fourth-order valence-electron chi connectivity index (χ4n) is 4.98. The molecule has 0 spiro atoms. The topological polar surface area (TPSA) is 112 Å². The van der Waals surface area contributed by atoms with Crippen LogP contribution in [-0.2, 0) is 4.79 Å². The smallest absolute Gasteiger partial charge is 0.298 e. The van der Waals surface area contributed by atoms with Gasteiger partial charge in [-0.05, 0) is 50.2 Å². The molecule has 1 atom stereocenters. The molecule has 2 aliphatic rings. The summed E-state index contributed by atoms with van der Waals surface area (Å²) >= 11 is 0. The van der Waals surface area contributed by atoms with Gasteiger partial charge in [0.25, 0.3) is 11.8 Å². The maximum absolute atomic E-state index is 12.5. The lowest BCUT2D eigenvalue weighted by Crippen LogP contribution is -2.41. The van der Waals surface area contributed by atoms with Gasteiger partial charge in [-0.3, -0.25) is 9.59 Å². The Hall–Kier alpha value is -3.67. The number of likely N-dealkylation sites (tertiary alicyclic amines) is 1. The molecule has 1 fully saturated rings. The third kappa shape index (κ3) is 3.97. The number of aromatic nitrogens is 2. The monoisotopic (exact) mass is 451 g/mol. The Morgan fingerprint density at radius 2 is 1.82 bits per heavy atom. The van der Waals surface area contributed by atoms with Crippen LogP contribution in [0.5, 0.6) is 11.5 Å². The fourth-order valence-corrected chi connectivity index (χ4v) is 4.98. The van der Waals surface area contributed by atoms with E-state index in [0.29, 0.717) is 59.7 Å². The van der Waals surface area contributed by atoms with E-state index in [1.807, 2.05) is 23.7 Å². The van der Waals surface area contributed by atoms with Gasteiger partial charge >= 0.3 is 0 Å². The predicted octanol–water partition coefficient (Wildman–Crippen LogP) is 2.20. The minimum absolute atomic E-state index is 0.0884. The van der Waals surface area contributed by atoms with Crippen LogP contribution in [0.2, 0.25) is 0 Å². The largest absolute Gasteiger partial charge is 0.496 e. The van der Waals surface area contributed by atoms with Gasteiger partial charge in [0.2, 0.25) is 0 Å². The molecule has 9 heteroatoms. The highest BCUT2D eigenvalue weighted by molar-refractivity contribution is 6.04. The number of fused-ring (bicyclic) bond motifs is 1. The third-order valence-corrected chi connectivity index (χ3v) is 6.72. The van der Waals surface area contributed by atoms with Crippen LogP contribution in [0.25, 0.3) is 11.3 Å². The number of benzene rings is 1. The van der Waals surface area contributed by atoms with E-state index in [9.17, 15) is 9.59 Å². The number of piperidine rings is 1. The first kappa shape index (κ1) is 22.5. The van der Waals surface area contributed by atoms with Crippen LogP contribution in [0, 0.1) is 25.2 Å². The molecular formula is C24H29N5O4. The van der Waals surface area contributed by atoms with Crippen LogP contribution in [0.15, 0.2) is 12.1 Å². The maximum atomic E-state index is 12.5. The molecule has 0 saturated carbocycles. The highest BCUT2D eigenvalue weighted by atomic mass is 16.5. The van der Waals surface area contributed by atoms with Crippen LogP contribution < -0.4 is 20.5 Å². The van der Waals surface area contributed by atoms with Gasteiger partial charge in [-0.1, -0.05) is 0 Å². The van der Waals surface area contributed by atoms with Crippen molar-refractivity contribution >= 4 is 17.6 Å². The summed E-state index contributed by atoms with van der Waals surface area (Å²) in [5.74, 6) is 3.60. The number of anilines is 1. The van der Waals surface area contributed by atoms with Crippen molar-refractivity contribution in [3.8, 4) is 35.1 Å². The predicted molar refractivity (Wildman–Crippen MR) is 124 cm³/mol. The minimum Gasteiger partial charge on any atom is -0.496 e. The fraction of sp³-hybridized carbons (Fsp3) is 0.458. The van der Waals surface area contributed by atoms with E-state index in [1.54, 1.807) is 19.1 Å². The average Bonchev–Trinajstić information content (AvgIpc) is 3.24. The molecule has 174 valence electrons. The number of rotatable bonds is 5. The number of nitrogens with zero attached hydrogens (tertiary/aromatic N) is 3. The van der Waals surface area contributed by atoms with Crippen molar-refractivity contribution in [1.82, 2.24) is 14.7 Å². The highest BCUT2D eigenvalue weighted by Gasteiger charge is 2.36. The molecule has 1 aromatic heterocycles. The second-order valence-electron chi connectivity index (χ2n) is 8.44. The van der Waals surface area contributed by atoms with E-state index in [-0.39, 0.29) is 11.9 Å². The lowest BCUT2D eigenvalue weighted by molar-refractivity contribution is -0.126. The molecule has 9 nitrogen and oxygen atoms in total. The zero-order chi connectivity index (χ0) is 23.7. The van der Waals surface area contributed by atoms with Crippen molar-refractivity contribution in [2.24, 2.45) is 11.7 Å². The van der Waals surface area contributed by atoms with Crippen molar-refractivity contribution in [3.63, 3.8) is 0 Å². The van der Waals surface area contributed by atoms with Gasteiger partial charge in [-0.15, -0.1) is 6.42 Å². The van der Waals surface area contributed by atoms with Crippen LogP contribution in [0.3, 0.4) is 0 Å². The Labute approximate surface area is 193 Å². The molecular weight excluding hydrogens is 422 g/mol. The normalized spacial score (nSPS) is 18.1. The number of hydrogen-bond donors (Lipinski definition) is 2. The summed E-state index contributed by atoms with van der Waals surface area (Å²) in [6.45, 7) is 3.86. The summed E-state index contributed by atoms with van der Waals surface area (Å²) in [5.41, 5.74) is 8.23. The van der Waals surface area contributed by atoms with E-state index < -0.39 is 5.91 Å². The molecule has 0 bridgehead atoms. The molecule has 33 heavy (non-hydrogen) atoms. The van der Waals surface area contributed by atoms with Crippen molar-refractivity contribution in [1.29, 1.82) is 0 Å². The Bertz CT molecular complexity index is 1100. The first-order valence-corrected chi connectivity index (χ1v) is 11.0. The second kappa shape index (κ2) is 9.06. The lowest BCUT2D eigenvalue weighted by atomic mass is 9.87. The van der Waals surface area contributed by atoms with Crippen LogP contribution in [0.4, 0.5) is 5.82 Å². The Kier molecular flexibility index (Phi) is 6.18. The number of primary amides is 1. The van der Waals surface area contributed by atoms with Gasteiger partial charge in [-0.25, -0.2) is 4.68 Å². The number of nitrogens with two attached hydrogens (primary N) is 1. The molecule has 0 radical (unpaired) electrons. The molecule has 1 saturated heterocycles. The first-order chi connectivity index (χ1) is 15.9. The summed E-state index contributed by atoms with van der Waals surface area (Å²) in [7, 11) is 3.18. The number of terminal acetylenes is 1. The molecule has 2 aliphatic heterocycles. The van der Waals surface area contributed by atoms with Crippen molar-refractivity contribution in [2.45, 2.75) is 32.2 Å². The SMILES string of the molecule is C#CC(=O)N1CCC(C2CCNc3c(C(N)=O)c(-c4cc(OC)c(C)c(OC)c4)nn32)CC1. The lowest BCUT2D eigenvalue weighted by Gasteiger charge is -2.37. The van der Waals surface area contributed by atoms with Gasteiger partial charge in [0, 0.05) is 30.8 Å². The maximum Gasteiger partial charge on any atom is 0.298 e. The number of carbonyl (C=O) groups excluding carboxylic acids is 2. The highest BCUT2D eigenvalue weighted by Crippen LogP contribution is 2.41. The number of hydrogen-bond acceptors (Lipinski definition) is 6. The number of nitrogens with one attached hydrogen (secondary N) is 1. The zero-order valence-electron chi connectivity index (χ0n) is 19.2. The van der Waals surface area contributed by atoms with E-state index in [1.165, 1.54) is 0 Å². The van der Waals surface area contributed by atoms with E-state index in [4.69, 9.17) is 26.7 Å². The number of ether oxygens (including phenoxy) is 2. The molecule has 4 rings (SSSR count). The van der Waals surface area contributed by atoms with E-state index in [0.717, 1.165) is 24.8 Å². The molecule has 3 heterocycles. The van der Waals surface area contributed by atoms with E-state index >= 15 is 0 Å². The Morgan fingerprint density at radius 3 is 2.36 bits per heavy atom. The Balaban J connectivity index is 1.74. The quantitative estimate of drug-likeness (QED) is 0.674. The molecule has 1 aromatic carbocycles. The minimum atomic E-state index is -0.549. The molecule has 2 aromatic rings. The van der Waals surface area contributed by atoms with E-state index in [2.05, 4.69) is 11.2 Å². The van der Waals surface area contributed by atoms with Crippen LogP contribution in [-0.4, -0.2) is 60.3 Å². The average molecular weight is 452 g/mol. The van der Waals surface area contributed by atoms with Gasteiger partial charge in [0.1, 0.15) is 28.6 Å². The van der Waals surface area contributed by atoms with Crippen LogP contribution in [0.1, 0.15) is 41.2 Å². The Morgan fingerprint density at radius 1 is 1.18 bits per heavy atom. The van der Waals surface area contributed by atoms with Gasteiger partial charge in [0.05, 0.1) is 20.3 Å². The standard InChI is InChI=1S/C24H29N5O4/c1-5-20(30)28-10-7-15(8-11-28)17-6-9-26-24-21(23(25)31)22(27-29(17)24)16-12-18(32-3)14(2)19(13-16)33-4/h1,12-13,15,17,26H,6-11H2,2-4H3,(H2,25,31). The summed E-state index contributed by atoms with van der Waals surface area (Å²) < 4.78 is 12.9. The van der Waals surface area contributed by atoms with Gasteiger partial charge in [0.15, 0.2) is 0 Å². The second-order valence-corrected chi connectivity index (χ2v) is 8.44. The number of methoxy groups -OCH3 is 2. The number of carbonyl (C=O) groups is 2. The van der Waals surface area contributed by atoms with Crippen molar-refractivity contribution in [3.05, 3.63) is 23.3 Å². The molecule has 2 amide bonds. The van der Waals surface area contributed by atoms with Crippen LogP contribution >= 0.6 is 0 Å². The molecule has 0 aliphatic carbocycles. The third-order valence-electron chi connectivity index (χ3n) is 6.72. The van der Waals surface area contributed by atoms with Crippen molar-refractivity contribution in [2.75, 3.05) is 39.2 Å². The zero-order valence-corrected chi connectivity index (χ0v) is 19.2.